The first kappa shape index (κ1) is 13.0. The monoisotopic (exact) mass is 299 g/mol. The van der Waals surface area contributed by atoms with Gasteiger partial charge in [0.1, 0.15) is 5.82 Å². The van der Waals surface area contributed by atoms with Crippen molar-refractivity contribution in [3.05, 3.63) is 33.5 Å². The number of benzene rings is 1. The van der Waals surface area contributed by atoms with Gasteiger partial charge in [-0.15, -0.1) is 0 Å². The molecule has 1 heterocycles. The lowest BCUT2D eigenvalue weighted by Crippen LogP contribution is -2.37. The lowest BCUT2D eigenvalue weighted by molar-refractivity contribution is 0.151. The van der Waals surface area contributed by atoms with E-state index in [1.807, 2.05) is 13.0 Å². The van der Waals surface area contributed by atoms with Crippen molar-refractivity contribution in [3.63, 3.8) is 0 Å². The van der Waals surface area contributed by atoms with Crippen molar-refractivity contribution < 1.29 is 4.39 Å². The van der Waals surface area contributed by atoms with Crippen molar-refractivity contribution in [1.29, 1.82) is 0 Å². The highest BCUT2D eigenvalue weighted by Crippen LogP contribution is 2.24. The molecule has 1 unspecified atom stereocenters. The molecular formula is C14H19BrFN. The van der Waals surface area contributed by atoms with Gasteiger partial charge in [0.05, 0.1) is 0 Å². The summed E-state index contributed by atoms with van der Waals surface area (Å²) >= 11 is 3.36. The van der Waals surface area contributed by atoms with Gasteiger partial charge >= 0.3 is 0 Å². The normalized spacial score (nSPS) is 21.8. The lowest BCUT2D eigenvalue weighted by Gasteiger charge is -2.33. The number of aryl methyl sites for hydroxylation is 1. The van der Waals surface area contributed by atoms with Crippen LogP contribution in [0.5, 0.6) is 0 Å². The summed E-state index contributed by atoms with van der Waals surface area (Å²) in [6, 6.07) is 4.12. The zero-order valence-corrected chi connectivity index (χ0v) is 12.1. The van der Waals surface area contributed by atoms with Crippen LogP contribution >= 0.6 is 15.9 Å². The van der Waals surface area contributed by atoms with Gasteiger partial charge in [0, 0.05) is 22.6 Å². The average molecular weight is 300 g/mol. The van der Waals surface area contributed by atoms with Crippen LogP contribution in [0.25, 0.3) is 0 Å². The zero-order valence-electron chi connectivity index (χ0n) is 10.5. The summed E-state index contributed by atoms with van der Waals surface area (Å²) in [4.78, 5) is 2.38. The molecule has 0 aromatic heterocycles. The van der Waals surface area contributed by atoms with Crippen LogP contribution in [0.3, 0.4) is 0 Å². The Labute approximate surface area is 111 Å². The second-order valence-corrected chi connectivity index (χ2v) is 5.86. The fourth-order valence-corrected chi connectivity index (χ4v) is 2.76. The molecule has 17 heavy (non-hydrogen) atoms. The molecule has 1 aromatic rings. The first-order chi connectivity index (χ1) is 8.08. The molecule has 1 atom stereocenters. The molecule has 0 aliphatic carbocycles. The minimum absolute atomic E-state index is 0.0970. The van der Waals surface area contributed by atoms with E-state index in [9.17, 15) is 4.39 Å². The van der Waals surface area contributed by atoms with Crippen molar-refractivity contribution in [2.75, 3.05) is 6.54 Å². The third-order valence-electron chi connectivity index (χ3n) is 3.64. The molecule has 1 aliphatic heterocycles. The summed E-state index contributed by atoms with van der Waals surface area (Å²) in [6.07, 6.45) is 3.78. The summed E-state index contributed by atoms with van der Waals surface area (Å²) in [5, 5.41) is 0. The minimum Gasteiger partial charge on any atom is -0.296 e. The van der Waals surface area contributed by atoms with Gasteiger partial charge in [-0.1, -0.05) is 28.4 Å². The van der Waals surface area contributed by atoms with Crippen LogP contribution in [-0.4, -0.2) is 17.5 Å². The quantitative estimate of drug-likeness (QED) is 0.788. The molecule has 1 saturated heterocycles. The predicted octanol–water partition coefficient (Wildman–Crippen LogP) is 4.27. The second kappa shape index (κ2) is 5.49. The number of nitrogens with zero attached hydrogens (tertiary/aromatic N) is 1. The molecule has 0 saturated carbocycles. The Bertz CT molecular complexity index is 405. The van der Waals surface area contributed by atoms with E-state index in [4.69, 9.17) is 0 Å². The summed E-state index contributed by atoms with van der Waals surface area (Å²) in [6.45, 7) is 6.08. The van der Waals surface area contributed by atoms with Crippen LogP contribution in [0, 0.1) is 12.7 Å². The molecule has 2 rings (SSSR count). The van der Waals surface area contributed by atoms with Crippen LogP contribution < -0.4 is 0 Å². The highest BCUT2D eigenvalue weighted by atomic mass is 79.9. The van der Waals surface area contributed by atoms with Crippen LogP contribution in [0.4, 0.5) is 4.39 Å². The maximum Gasteiger partial charge on any atom is 0.128 e. The third kappa shape index (κ3) is 3.08. The molecular weight excluding hydrogens is 281 g/mol. The average Bonchev–Trinajstić information content (AvgIpc) is 2.29. The van der Waals surface area contributed by atoms with Crippen molar-refractivity contribution in [1.82, 2.24) is 4.90 Å². The molecule has 1 fully saturated rings. The summed E-state index contributed by atoms with van der Waals surface area (Å²) in [7, 11) is 0. The Morgan fingerprint density at radius 3 is 2.88 bits per heavy atom. The predicted molar refractivity (Wildman–Crippen MR) is 72.6 cm³/mol. The van der Waals surface area contributed by atoms with E-state index < -0.39 is 0 Å². The second-order valence-electron chi connectivity index (χ2n) is 5.01. The van der Waals surface area contributed by atoms with E-state index >= 15 is 0 Å². The Balaban J connectivity index is 2.15. The number of hydrogen-bond acceptors (Lipinski definition) is 1. The van der Waals surface area contributed by atoms with Gasteiger partial charge in [0.15, 0.2) is 0 Å². The number of likely N-dealkylation sites (tertiary alicyclic amines) is 1. The first-order valence-corrected chi connectivity index (χ1v) is 7.06. The van der Waals surface area contributed by atoms with Gasteiger partial charge in [-0.25, -0.2) is 4.39 Å². The Morgan fingerprint density at radius 2 is 2.18 bits per heavy atom. The molecule has 0 amide bonds. The third-order valence-corrected chi connectivity index (χ3v) is 4.50. The van der Waals surface area contributed by atoms with E-state index in [2.05, 4.69) is 27.8 Å². The number of halogens is 2. The molecule has 0 bridgehead atoms. The maximum atomic E-state index is 13.9. The summed E-state index contributed by atoms with van der Waals surface area (Å²) in [5.41, 5.74) is 1.92. The number of rotatable bonds is 2. The van der Waals surface area contributed by atoms with Gasteiger partial charge in [-0.3, -0.25) is 4.90 Å². The fourth-order valence-electron chi connectivity index (χ4n) is 2.45. The number of piperidine rings is 1. The SMILES string of the molecule is Cc1cc(CN2CCCCC2C)c(F)cc1Br. The first-order valence-electron chi connectivity index (χ1n) is 6.26. The largest absolute Gasteiger partial charge is 0.296 e. The minimum atomic E-state index is -0.0970. The van der Waals surface area contributed by atoms with E-state index in [1.165, 1.54) is 19.3 Å². The fraction of sp³-hybridized carbons (Fsp3) is 0.571. The van der Waals surface area contributed by atoms with Crippen LogP contribution in [0.15, 0.2) is 16.6 Å². The zero-order chi connectivity index (χ0) is 12.4. The highest BCUT2D eigenvalue weighted by molar-refractivity contribution is 9.10. The Hall–Kier alpha value is -0.410. The van der Waals surface area contributed by atoms with Gasteiger partial charge in [0.2, 0.25) is 0 Å². The maximum absolute atomic E-state index is 13.9. The summed E-state index contributed by atoms with van der Waals surface area (Å²) in [5.74, 6) is -0.0970. The van der Waals surface area contributed by atoms with Crippen LogP contribution in [0.1, 0.15) is 37.3 Å². The van der Waals surface area contributed by atoms with E-state index in [-0.39, 0.29) is 5.82 Å². The van der Waals surface area contributed by atoms with Crippen molar-refractivity contribution >= 4 is 15.9 Å². The van der Waals surface area contributed by atoms with Crippen molar-refractivity contribution in [2.45, 2.75) is 45.7 Å². The molecule has 94 valence electrons. The molecule has 3 heteroatoms. The van der Waals surface area contributed by atoms with Gasteiger partial charge in [-0.2, -0.15) is 0 Å². The molecule has 0 spiro atoms. The highest BCUT2D eigenvalue weighted by Gasteiger charge is 2.19. The molecule has 1 aliphatic rings. The van der Waals surface area contributed by atoms with E-state index in [0.29, 0.717) is 6.04 Å². The standard InChI is InChI=1S/C14H19BrFN/c1-10-7-12(14(16)8-13(10)15)9-17-6-4-3-5-11(17)2/h7-8,11H,3-6,9H2,1-2H3. The molecule has 0 N–H and O–H groups in total. The topological polar surface area (TPSA) is 3.24 Å². The Morgan fingerprint density at radius 1 is 1.41 bits per heavy atom. The van der Waals surface area contributed by atoms with Gasteiger partial charge in [-0.05, 0) is 44.9 Å². The Kier molecular flexibility index (Phi) is 4.21. The van der Waals surface area contributed by atoms with Crippen molar-refractivity contribution in [2.24, 2.45) is 0 Å². The number of hydrogen-bond donors (Lipinski definition) is 0. The molecule has 1 nitrogen and oxygen atoms in total. The summed E-state index contributed by atoms with van der Waals surface area (Å²) < 4.78 is 14.7. The smallest absolute Gasteiger partial charge is 0.128 e. The van der Waals surface area contributed by atoms with E-state index in [0.717, 1.165) is 28.7 Å². The van der Waals surface area contributed by atoms with Gasteiger partial charge < -0.3 is 0 Å². The van der Waals surface area contributed by atoms with E-state index in [1.54, 1.807) is 6.07 Å². The molecule has 1 aromatic carbocycles. The van der Waals surface area contributed by atoms with Crippen molar-refractivity contribution in [3.8, 4) is 0 Å². The van der Waals surface area contributed by atoms with Gasteiger partial charge in [0.25, 0.3) is 0 Å². The van der Waals surface area contributed by atoms with Crippen LogP contribution in [0.2, 0.25) is 0 Å². The lowest BCUT2D eigenvalue weighted by atomic mass is 10.0. The molecule has 0 radical (unpaired) electrons. The van der Waals surface area contributed by atoms with Crippen LogP contribution in [-0.2, 0) is 6.54 Å².